The van der Waals surface area contributed by atoms with Gasteiger partial charge in [-0.2, -0.15) is 0 Å². The van der Waals surface area contributed by atoms with Crippen LogP contribution in [0.5, 0.6) is 11.5 Å². The van der Waals surface area contributed by atoms with Gasteiger partial charge in [-0.25, -0.2) is 0 Å². The lowest BCUT2D eigenvalue weighted by Crippen LogP contribution is -2.25. The number of methoxy groups -OCH3 is 1. The molecule has 1 aromatic carbocycles. The molecule has 0 bridgehead atoms. The Bertz CT molecular complexity index is 427. The third-order valence-corrected chi connectivity index (χ3v) is 3.20. The molecule has 0 saturated heterocycles. The standard InChI is InChI=1S/C13H16O4/c1-8-7-17-12-5-9(14)3-4-10(12)11(8)6-13(15)16-2/h3-5,8,11,14H,6-7H2,1-2H3/t8-,11-/m1/s1. The average molecular weight is 236 g/mol. The fourth-order valence-electron chi connectivity index (χ4n) is 2.17. The van der Waals surface area contributed by atoms with Gasteiger partial charge in [0.25, 0.3) is 0 Å². The quantitative estimate of drug-likeness (QED) is 0.799. The fourth-order valence-corrected chi connectivity index (χ4v) is 2.17. The maximum Gasteiger partial charge on any atom is 0.306 e. The third kappa shape index (κ3) is 2.35. The highest BCUT2D eigenvalue weighted by Crippen LogP contribution is 2.40. The molecule has 0 spiro atoms. The highest BCUT2D eigenvalue weighted by atomic mass is 16.5. The molecular formula is C13H16O4. The number of benzene rings is 1. The summed E-state index contributed by atoms with van der Waals surface area (Å²) in [6, 6.07) is 5.02. The summed E-state index contributed by atoms with van der Waals surface area (Å²) in [5.74, 6) is 0.966. The molecule has 0 radical (unpaired) electrons. The van der Waals surface area contributed by atoms with Crippen LogP contribution in [-0.2, 0) is 9.53 Å². The van der Waals surface area contributed by atoms with E-state index in [0.29, 0.717) is 18.8 Å². The summed E-state index contributed by atoms with van der Waals surface area (Å²) in [7, 11) is 1.39. The van der Waals surface area contributed by atoms with Gasteiger partial charge in [-0.05, 0) is 17.5 Å². The van der Waals surface area contributed by atoms with Gasteiger partial charge in [-0.15, -0.1) is 0 Å². The molecule has 0 fully saturated rings. The van der Waals surface area contributed by atoms with Crippen molar-refractivity contribution in [1.29, 1.82) is 0 Å². The van der Waals surface area contributed by atoms with Gasteiger partial charge in [-0.3, -0.25) is 4.79 Å². The van der Waals surface area contributed by atoms with Crippen LogP contribution in [0.4, 0.5) is 0 Å². The van der Waals surface area contributed by atoms with E-state index < -0.39 is 0 Å². The van der Waals surface area contributed by atoms with Crippen LogP contribution in [0.1, 0.15) is 24.8 Å². The van der Waals surface area contributed by atoms with E-state index in [1.54, 1.807) is 12.1 Å². The number of hydrogen-bond donors (Lipinski definition) is 1. The van der Waals surface area contributed by atoms with Crippen molar-refractivity contribution >= 4 is 5.97 Å². The Kier molecular flexibility index (Phi) is 3.22. The molecule has 0 saturated carbocycles. The molecule has 1 aromatic rings. The van der Waals surface area contributed by atoms with E-state index in [1.165, 1.54) is 7.11 Å². The number of ether oxygens (including phenoxy) is 2. The number of phenols is 1. The normalized spacial score (nSPS) is 22.5. The van der Waals surface area contributed by atoms with Crippen LogP contribution in [0.3, 0.4) is 0 Å². The van der Waals surface area contributed by atoms with Crippen molar-refractivity contribution in [3.63, 3.8) is 0 Å². The summed E-state index contributed by atoms with van der Waals surface area (Å²) < 4.78 is 10.3. The van der Waals surface area contributed by atoms with Gasteiger partial charge < -0.3 is 14.6 Å². The lowest BCUT2D eigenvalue weighted by Gasteiger charge is -2.30. The van der Waals surface area contributed by atoms with Crippen LogP contribution in [-0.4, -0.2) is 24.8 Å². The van der Waals surface area contributed by atoms with Crippen molar-refractivity contribution in [1.82, 2.24) is 0 Å². The first-order chi connectivity index (χ1) is 8.11. The van der Waals surface area contributed by atoms with Crippen LogP contribution in [0.25, 0.3) is 0 Å². The smallest absolute Gasteiger partial charge is 0.306 e. The van der Waals surface area contributed by atoms with Crippen molar-refractivity contribution in [2.75, 3.05) is 13.7 Å². The molecule has 1 aliphatic rings. The number of carbonyl (C=O) groups is 1. The summed E-state index contributed by atoms with van der Waals surface area (Å²) in [6.07, 6.45) is 0.346. The number of carbonyl (C=O) groups excluding carboxylic acids is 1. The number of phenolic OH excluding ortho intramolecular Hbond substituents is 1. The Hall–Kier alpha value is -1.71. The maximum absolute atomic E-state index is 11.4. The van der Waals surface area contributed by atoms with Crippen molar-refractivity contribution in [3.8, 4) is 11.5 Å². The van der Waals surface area contributed by atoms with Gasteiger partial charge in [0.2, 0.25) is 0 Å². The summed E-state index contributed by atoms with van der Waals surface area (Å²) in [5.41, 5.74) is 0.965. The molecule has 0 aliphatic carbocycles. The minimum Gasteiger partial charge on any atom is -0.508 e. The molecular weight excluding hydrogens is 220 g/mol. The predicted octanol–water partition coefficient (Wildman–Crippen LogP) is 2.07. The molecule has 0 unspecified atom stereocenters. The van der Waals surface area contributed by atoms with Crippen LogP contribution in [0.15, 0.2) is 18.2 Å². The monoisotopic (exact) mass is 236 g/mol. The highest BCUT2D eigenvalue weighted by molar-refractivity contribution is 5.70. The summed E-state index contributed by atoms with van der Waals surface area (Å²) in [4.78, 5) is 11.4. The molecule has 4 heteroatoms. The second-order valence-electron chi connectivity index (χ2n) is 4.40. The van der Waals surface area contributed by atoms with Gasteiger partial charge in [-0.1, -0.05) is 13.0 Å². The minimum atomic E-state index is -0.220. The number of hydrogen-bond acceptors (Lipinski definition) is 4. The van der Waals surface area contributed by atoms with Crippen LogP contribution >= 0.6 is 0 Å². The zero-order valence-electron chi connectivity index (χ0n) is 9.97. The van der Waals surface area contributed by atoms with Gasteiger partial charge in [0.05, 0.1) is 20.1 Å². The van der Waals surface area contributed by atoms with Crippen molar-refractivity contribution < 1.29 is 19.4 Å². The second kappa shape index (κ2) is 4.65. The highest BCUT2D eigenvalue weighted by Gasteiger charge is 2.30. The molecule has 17 heavy (non-hydrogen) atoms. The summed E-state index contributed by atoms with van der Waals surface area (Å²) in [6.45, 7) is 2.60. The van der Waals surface area contributed by atoms with E-state index in [9.17, 15) is 9.90 Å². The lowest BCUT2D eigenvalue weighted by molar-refractivity contribution is -0.141. The minimum absolute atomic E-state index is 0.0896. The Balaban J connectivity index is 2.30. The molecule has 0 aromatic heterocycles. The van der Waals surface area contributed by atoms with Gasteiger partial charge in [0, 0.05) is 12.0 Å². The Morgan fingerprint density at radius 2 is 2.35 bits per heavy atom. The molecule has 1 heterocycles. The third-order valence-electron chi connectivity index (χ3n) is 3.20. The zero-order chi connectivity index (χ0) is 12.4. The van der Waals surface area contributed by atoms with E-state index in [4.69, 9.17) is 9.47 Å². The number of rotatable bonds is 2. The Labute approximate surface area is 100 Å². The van der Waals surface area contributed by atoms with Crippen molar-refractivity contribution in [2.45, 2.75) is 19.3 Å². The average Bonchev–Trinajstić information content (AvgIpc) is 2.32. The predicted molar refractivity (Wildman–Crippen MR) is 62.1 cm³/mol. The molecule has 92 valence electrons. The molecule has 4 nitrogen and oxygen atoms in total. The van der Waals surface area contributed by atoms with Crippen LogP contribution < -0.4 is 4.74 Å². The maximum atomic E-state index is 11.4. The zero-order valence-corrected chi connectivity index (χ0v) is 9.97. The fraction of sp³-hybridized carbons (Fsp3) is 0.462. The first-order valence-electron chi connectivity index (χ1n) is 5.64. The lowest BCUT2D eigenvalue weighted by atomic mass is 9.83. The largest absolute Gasteiger partial charge is 0.508 e. The summed E-state index contributed by atoms with van der Waals surface area (Å²) in [5, 5.41) is 9.40. The Morgan fingerprint density at radius 3 is 3.06 bits per heavy atom. The Morgan fingerprint density at radius 1 is 1.59 bits per heavy atom. The van der Waals surface area contributed by atoms with Gasteiger partial charge >= 0.3 is 5.97 Å². The second-order valence-corrected chi connectivity index (χ2v) is 4.40. The molecule has 1 aliphatic heterocycles. The summed E-state index contributed by atoms with van der Waals surface area (Å²) >= 11 is 0. The van der Waals surface area contributed by atoms with Crippen molar-refractivity contribution in [2.24, 2.45) is 5.92 Å². The number of fused-ring (bicyclic) bond motifs is 1. The number of aromatic hydroxyl groups is 1. The topological polar surface area (TPSA) is 55.8 Å². The molecule has 0 amide bonds. The van der Waals surface area contributed by atoms with E-state index in [0.717, 1.165) is 5.56 Å². The van der Waals surface area contributed by atoms with E-state index in [2.05, 4.69) is 0 Å². The van der Waals surface area contributed by atoms with Crippen LogP contribution in [0.2, 0.25) is 0 Å². The van der Waals surface area contributed by atoms with E-state index in [-0.39, 0.29) is 23.6 Å². The van der Waals surface area contributed by atoms with E-state index >= 15 is 0 Å². The first-order valence-corrected chi connectivity index (χ1v) is 5.64. The first kappa shape index (κ1) is 11.8. The van der Waals surface area contributed by atoms with Gasteiger partial charge in [0.1, 0.15) is 11.5 Å². The SMILES string of the molecule is COC(=O)C[C@H]1c2ccc(O)cc2OC[C@H]1C. The van der Waals surface area contributed by atoms with E-state index in [1.807, 2.05) is 13.0 Å². The molecule has 2 rings (SSSR count). The number of esters is 1. The van der Waals surface area contributed by atoms with Crippen molar-refractivity contribution in [3.05, 3.63) is 23.8 Å². The van der Waals surface area contributed by atoms with Crippen LogP contribution in [0, 0.1) is 5.92 Å². The molecule has 2 atom stereocenters. The molecule has 1 N–H and O–H groups in total. The van der Waals surface area contributed by atoms with Gasteiger partial charge in [0.15, 0.2) is 0 Å².